The van der Waals surface area contributed by atoms with E-state index >= 15 is 0 Å². The van der Waals surface area contributed by atoms with Gasteiger partial charge in [0.1, 0.15) is 0 Å². The minimum atomic E-state index is -2.33. The number of carbonyl (C=O) groups is 1. The van der Waals surface area contributed by atoms with Crippen LogP contribution < -0.4 is 9.64 Å². The van der Waals surface area contributed by atoms with Crippen LogP contribution >= 0.6 is 19.4 Å². The molecule has 1 atom stereocenters. The number of anilines is 1. The first-order valence-electron chi connectivity index (χ1n) is 8.50. The Morgan fingerprint density at radius 2 is 1.67 bits per heavy atom. The van der Waals surface area contributed by atoms with Gasteiger partial charge in [-0.2, -0.15) is 0 Å². The number of amides is 1. The molecule has 0 saturated carbocycles. The number of hydrogen-bond donors (Lipinski definition) is 0. The van der Waals surface area contributed by atoms with Crippen LogP contribution in [-0.2, 0) is 13.5 Å². The normalized spacial score (nSPS) is 16.3. The SMILES string of the molecule is CC(C)C1CN(C(=O)c2c(F)c(F)c(F)c(F)c2F)c2cccc([CH]=[Ru]([Cl])[Cl])c2O1. The molecule has 1 aliphatic rings. The molecule has 0 spiro atoms. The van der Waals surface area contributed by atoms with Gasteiger partial charge in [-0.1, -0.05) is 0 Å². The van der Waals surface area contributed by atoms with Gasteiger partial charge in [0.25, 0.3) is 0 Å². The fraction of sp³-hybridized carbons (Fsp3) is 0.263. The van der Waals surface area contributed by atoms with Crippen LogP contribution in [0.4, 0.5) is 27.6 Å². The first-order valence-corrected chi connectivity index (χ1v) is 14.0. The van der Waals surface area contributed by atoms with Gasteiger partial charge in [0, 0.05) is 0 Å². The Hall–Kier alpha value is -1.57. The second kappa shape index (κ2) is 8.89. The van der Waals surface area contributed by atoms with Crippen LogP contribution in [0.3, 0.4) is 0 Å². The van der Waals surface area contributed by atoms with E-state index in [1.54, 1.807) is 24.5 Å². The van der Waals surface area contributed by atoms with Crippen LogP contribution in [0.1, 0.15) is 29.8 Å². The van der Waals surface area contributed by atoms with Crippen molar-refractivity contribution in [1.29, 1.82) is 0 Å². The summed E-state index contributed by atoms with van der Waals surface area (Å²) in [6.45, 7) is 3.43. The third-order valence-corrected chi connectivity index (χ3v) is 6.38. The molecule has 11 heteroatoms. The van der Waals surface area contributed by atoms with E-state index in [4.69, 9.17) is 24.1 Å². The van der Waals surface area contributed by atoms with Crippen molar-refractivity contribution < 1.29 is 45.0 Å². The summed E-state index contributed by atoms with van der Waals surface area (Å²) in [5.41, 5.74) is -0.950. The average Bonchev–Trinajstić information content (AvgIpc) is 2.69. The molecule has 0 N–H and O–H groups in total. The van der Waals surface area contributed by atoms with Gasteiger partial charge in [-0.25, -0.2) is 0 Å². The van der Waals surface area contributed by atoms with Gasteiger partial charge in [-0.15, -0.1) is 0 Å². The van der Waals surface area contributed by atoms with Crippen LogP contribution in [0, 0.1) is 35.0 Å². The van der Waals surface area contributed by atoms with Crippen molar-refractivity contribution >= 4 is 35.6 Å². The molecule has 0 bridgehead atoms. The molecule has 2 aromatic rings. The number of fused-ring (bicyclic) bond motifs is 1. The molecule has 1 unspecified atom stereocenters. The molecule has 3 rings (SSSR count). The molecule has 0 aliphatic carbocycles. The van der Waals surface area contributed by atoms with Crippen molar-refractivity contribution in [3.8, 4) is 5.75 Å². The number of para-hydroxylation sites is 1. The molecule has 2 aromatic carbocycles. The third kappa shape index (κ3) is 4.12. The van der Waals surface area contributed by atoms with Gasteiger partial charge < -0.3 is 0 Å². The first-order chi connectivity index (χ1) is 14.0. The van der Waals surface area contributed by atoms with Crippen molar-refractivity contribution in [3.05, 3.63) is 58.4 Å². The molecule has 164 valence electrons. The summed E-state index contributed by atoms with van der Waals surface area (Å²) in [6.07, 6.45) is -0.608. The summed E-state index contributed by atoms with van der Waals surface area (Å²) in [4.78, 5) is 13.9. The molecule has 3 nitrogen and oxygen atoms in total. The Bertz CT molecular complexity index is 1030. The number of nitrogens with zero attached hydrogens (tertiary/aromatic N) is 1. The van der Waals surface area contributed by atoms with Crippen LogP contribution in [0.25, 0.3) is 0 Å². The number of halogens is 7. The Labute approximate surface area is 181 Å². The maximum absolute atomic E-state index is 14.3. The summed E-state index contributed by atoms with van der Waals surface area (Å²) < 4.78 is 76.7. The molecule has 0 fully saturated rings. The summed E-state index contributed by atoms with van der Waals surface area (Å²) >= 11 is -2.30. The van der Waals surface area contributed by atoms with Crippen molar-refractivity contribution in [2.45, 2.75) is 20.0 Å². The van der Waals surface area contributed by atoms with E-state index in [0.29, 0.717) is 5.56 Å². The van der Waals surface area contributed by atoms with E-state index in [2.05, 4.69) is 0 Å². The number of carbonyl (C=O) groups excluding carboxylic acids is 1. The zero-order valence-corrected chi connectivity index (χ0v) is 18.7. The summed E-state index contributed by atoms with van der Waals surface area (Å²) in [6, 6.07) is 4.61. The van der Waals surface area contributed by atoms with E-state index in [9.17, 15) is 26.7 Å². The van der Waals surface area contributed by atoms with Crippen LogP contribution in [0.2, 0.25) is 0 Å². The number of hydrogen-bond acceptors (Lipinski definition) is 2. The van der Waals surface area contributed by atoms with Gasteiger partial charge in [0.15, 0.2) is 0 Å². The monoisotopic (exact) mass is 555 g/mol. The number of rotatable bonds is 3. The van der Waals surface area contributed by atoms with Crippen LogP contribution in [0.15, 0.2) is 18.2 Å². The van der Waals surface area contributed by atoms with E-state index in [1.165, 1.54) is 12.1 Å². The Morgan fingerprint density at radius 3 is 2.20 bits per heavy atom. The van der Waals surface area contributed by atoms with Gasteiger partial charge in [0.05, 0.1) is 0 Å². The van der Waals surface area contributed by atoms with Gasteiger partial charge in [0.2, 0.25) is 0 Å². The average molecular weight is 555 g/mol. The third-order valence-electron chi connectivity index (χ3n) is 4.55. The van der Waals surface area contributed by atoms with E-state index in [1.807, 2.05) is 0 Å². The van der Waals surface area contributed by atoms with Crippen LogP contribution in [0.5, 0.6) is 5.75 Å². The van der Waals surface area contributed by atoms with Crippen molar-refractivity contribution in [1.82, 2.24) is 0 Å². The molecule has 0 aromatic heterocycles. The van der Waals surface area contributed by atoms with Crippen molar-refractivity contribution in [2.24, 2.45) is 5.92 Å². The van der Waals surface area contributed by atoms with Crippen molar-refractivity contribution in [2.75, 3.05) is 11.4 Å². The Morgan fingerprint density at radius 1 is 1.10 bits per heavy atom. The number of ether oxygens (including phenoxy) is 1. The summed E-state index contributed by atoms with van der Waals surface area (Å²) in [7, 11) is 11.9. The van der Waals surface area contributed by atoms with E-state index < -0.39 is 60.2 Å². The molecular weight excluding hydrogens is 541 g/mol. The second-order valence-corrected chi connectivity index (χ2v) is 12.5. The zero-order chi connectivity index (χ0) is 22.3. The maximum atomic E-state index is 14.3. The molecule has 0 saturated heterocycles. The summed E-state index contributed by atoms with van der Waals surface area (Å²) in [5, 5.41) is 0. The van der Waals surface area contributed by atoms with Crippen LogP contribution in [-0.4, -0.2) is 23.2 Å². The molecule has 1 amide bonds. The molecule has 1 aliphatic heterocycles. The molecule has 0 radical (unpaired) electrons. The predicted octanol–water partition coefficient (Wildman–Crippen LogP) is 5.52. The number of benzene rings is 2. The van der Waals surface area contributed by atoms with E-state index in [0.717, 1.165) is 4.90 Å². The van der Waals surface area contributed by atoms with E-state index in [-0.39, 0.29) is 23.9 Å². The fourth-order valence-electron chi connectivity index (χ4n) is 2.98. The first kappa shape index (κ1) is 23.1. The quantitative estimate of drug-likeness (QED) is 0.216. The second-order valence-electron chi connectivity index (χ2n) is 6.76. The minimum absolute atomic E-state index is 0.110. The molecular formula is C19H14Cl2F5NO2Ru. The van der Waals surface area contributed by atoms with Crippen molar-refractivity contribution in [3.63, 3.8) is 0 Å². The Kier molecular flexibility index (Phi) is 6.85. The topological polar surface area (TPSA) is 29.5 Å². The van der Waals surface area contributed by atoms with Gasteiger partial charge in [-0.3, -0.25) is 0 Å². The van der Waals surface area contributed by atoms with Gasteiger partial charge >= 0.3 is 182 Å². The summed E-state index contributed by atoms with van der Waals surface area (Å²) in [5.74, 6) is -12.4. The fourth-order valence-corrected chi connectivity index (χ4v) is 4.77. The zero-order valence-electron chi connectivity index (χ0n) is 15.4. The van der Waals surface area contributed by atoms with Gasteiger partial charge in [-0.05, 0) is 0 Å². The Balaban J connectivity index is 2.20. The standard InChI is InChI=1S/C19H14F5NO2.2ClH.Ru/c1-8(2)11-7-25(10-6-4-5-9(3)18(10)27-11)19(26)12-13(20)15(22)17(24)16(23)14(12)21;;;/h3-6,8,11H,7H2,1-2H3;2*1H;/q;;;+2/p-2. The molecule has 1 heterocycles. The molecule has 30 heavy (non-hydrogen) atoms. The predicted molar refractivity (Wildman–Crippen MR) is 100 cm³/mol.